The van der Waals surface area contributed by atoms with Gasteiger partial charge in [-0.2, -0.15) is 0 Å². The Kier molecular flexibility index (Phi) is 7.66. The van der Waals surface area contributed by atoms with Crippen LogP contribution in [0.3, 0.4) is 0 Å². The minimum Gasteiger partial charge on any atom is -0.465 e. The summed E-state index contributed by atoms with van der Waals surface area (Å²) in [6, 6.07) is 28.1. The molecule has 4 aromatic carbocycles. The van der Waals surface area contributed by atoms with Crippen molar-refractivity contribution < 1.29 is 4.74 Å². The monoisotopic (exact) mass is 573 g/mol. The average Bonchev–Trinajstić information content (AvgIpc) is 2.89. The third-order valence-corrected chi connectivity index (χ3v) is 8.49. The lowest BCUT2D eigenvalue weighted by molar-refractivity contribution is 0.464. The second-order valence-corrected chi connectivity index (χ2v) is 10.9. The molecule has 0 saturated heterocycles. The molecule has 1 unspecified atom stereocenters. The molecule has 1 N–H and O–H groups in total. The van der Waals surface area contributed by atoms with Crippen LogP contribution in [-0.4, -0.2) is 3.92 Å². The lowest BCUT2D eigenvalue weighted by Gasteiger charge is -2.35. The van der Waals surface area contributed by atoms with Crippen molar-refractivity contribution in [3.8, 4) is 28.0 Å². The van der Waals surface area contributed by atoms with E-state index in [0.717, 1.165) is 23.2 Å². The van der Waals surface area contributed by atoms with E-state index in [9.17, 15) is 0 Å². The molecule has 0 radical (unpaired) electrons. The maximum atomic E-state index is 5.69. The highest BCUT2D eigenvalue weighted by atomic mass is 127. The fourth-order valence-electron chi connectivity index (χ4n) is 4.70. The number of rotatable bonds is 9. The number of ether oxygens (including phenoxy) is 1. The Morgan fingerprint density at radius 1 is 0.914 bits per heavy atom. The summed E-state index contributed by atoms with van der Waals surface area (Å²) in [5.74, 6) is 0.823. The van der Waals surface area contributed by atoms with Gasteiger partial charge in [0.2, 0.25) is 0 Å². The zero-order valence-electron chi connectivity index (χ0n) is 20.6. The molecule has 3 heteroatoms. The number of anilines is 1. The van der Waals surface area contributed by atoms with Crippen molar-refractivity contribution in [1.82, 2.24) is 0 Å². The molecule has 0 aliphatic rings. The summed E-state index contributed by atoms with van der Waals surface area (Å²) in [5, 5.41) is 5.42. The molecule has 0 aromatic heterocycles. The molecule has 0 fully saturated rings. The van der Waals surface area contributed by atoms with Gasteiger partial charge in [0.25, 0.3) is 0 Å². The molecule has 0 heterocycles. The molecule has 4 aromatic rings. The van der Waals surface area contributed by atoms with E-state index in [1.165, 1.54) is 39.5 Å². The van der Waals surface area contributed by atoms with E-state index < -0.39 is 0 Å². The number of benzene rings is 4. The third kappa shape index (κ3) is 4.87. The quantitative estimate of drug-likeness (QED) is 0.122. The Morgan fingerprint density at radius 3 is 2.20 bits per heavy atom. The second kappa shape index (κ2) is 10.7. The fraction of sp³-hybridized carbons (Fsp3) is 0.188. The van der Waals surface area contributed by atoms with Gasteiger partial charge in [-0.1, -0.05) is 111 Å². The highest BCUT2D eigenvalue weighted by molar-refractivity contribution is 14.1. The van der Waals surface area contributed by atoms with Gasteiger partial charge in [0.15, 0.2) is 0 Å². The van der Waals surface area contributed by atoms with Gasteiger partial charge >= 0.3 is 0 Å². The van der Waals surface area contributed by atoms with Crippen molar-refractivity contribution >= 4 is 39.1 Å². The third-order valence-electron chi connectivity index (χ3n) is 7.12. The fourth-order valence-corrected chi connectivity index (χ4v) is 5.48. The normalized spacial score (nSPS) is 13.6. The predicted molar refractivity (Wildman–Crippen MR) is 161 cm³/mol. The molecule has 0 aliphatic heterocycles. The van der Waals surface area contributed by atoms with E-state index >= 15 is 0 Å². The van der Waals surface area contributed by atoms with E-state index in [1.54, 1.807) is 6.20 Å². The van der Waals surface area contributed by atoms with Gasteiger partial charge in [-0.25, -0.2) is 0 Å². The standard InChI is InChI=1S/C32H32INO/c1-6-32(5,22(4)33)30-21-24(15-18-27(30)23-13-16-25(17-14-23)34-7-2)26-19-20-31(35-8-3)29-12-10-9-11-28(26)29/h7-22,34H,2-3,6H2,1,4-5H3/t22-,32?/m1/s1. The van der Waals surface area contributed by atoms with Gasteiger partial charge in [-0.15, -0.1) is 0 Å². The number of halogens is 1. The molecule has 2 nitrogen and oxygen atoms in total. The SMILES string of the molecule is C=CNc1ccc(-c2ccc(-c3ccc(OC=C)c4ccccc34)cc2C(C)(CC)[C@@H](C)I)cc1. The van der Waals surface area contributed by atoms with Crippen molar-refractivity contribution in [2.24, 2.45) is 0 Å². The largest absolute Gasteiger partial charge is 0.465 e. The van der Waals surface area contributed by atoms with Crippen LogP contribution in [0.15, 0.2) is 104 Å². The van der Waals surface area contributed by atoms with Crippen LogP contribution < -0.4 is 10.1 Å². The molecule has 0 spiro atoms. The van der Waals surface area contributed by atoms with Crippen LogP contribution in [0.1, 0.15) is 32.8 Å². The summed E-state index contributed by atoms with van der Waals surface area (Å²) in [5.41, 5.74) is 7.35. The van der Waals surface area contributed by atoms with E-state index in [4.69, 9.17) is 4.74 Å². The minimum absolute atomic E-state index is 0.0195. The van der Waals surface area contributed by atoms with Crippen molar-refractivity contribution in [3.63, 3.8) is 0 Å². The number of fused-ring (bicyclic) bond motifs is 1. The second-order valence-electron chi connectivity index (χ2n) is 9.01. The average molecular weight is 574 g/mol. The lowest BCUT2D eigenvalue weighted by atomic mass is 9.73. The van der Waals surface area contributed by atoms with E-state index in [0.29, 0.717) is 3.92 Å². The molecule has 2 atom stereocenters. The highest BCUT2D eigenvalue weighted by Gasteiger charge is 2.32. The van der Waals surface area contributed by atoms with Gasteiger partial charge in [-0.3, -0.25) is 0 Å². The first-order valence-corrected chi connectivity index (χ1v) is 13.2. The maximum Gasteiger partial charge on any atom is 0.134 e. The van der Waals surface area contributed by atoms with Crippen LogP contribution in [0.25, 0.3) is 33.0 Å². The predicted octanol–water partition coefficient (Wildman–Crippen LogP) is 9.74. The topological polar surface area (TPSA) is 21.3 Å². The molecule has 4 rings (SSSR count). The Balaban J connectivity index is 1.93. The van der Waals surface area contributed by atoms with E-state index in [2.05, 4.69) is 129 Å². The van der Waals surface area contributed by atoms with Crippen LogP contribution >= 0.6 is 22.6 Å². The molecule has 0 saturated carbocycles. The van der Waals surface area contributed by atoms with Crippen molar-refractivity contribution in [3.05, 3.63) is 110 Å². The minimum atomic E-state index is 0.0195. The van der Waals surface area contributed by atoms with Gasteiger partial charge in [-0.05, 0) is 70.1 Å². The van der Waals surface area contributed by atoms with Crippen molar-refractivity contribution in [2.75, 3.05) is 5.32 Å². The van der Waals surface area contributed by atoms with Gasteiger partial charge in [0.1, 0.15) is 5.75 Å². The Morgan fingerprint density at radius 2 is 1.57 bits per heavy atom. The number of hydrogen-bond donors (Lipinski definition) is 1. The van der Waals surface area contributed by atoms with E-state index in [1.807, 2.05) is 12.1 Å². The Hall–Kier alpha value is -3.05. The summed E-state index contributed by atoms with van der Waals surface area (Å²) >= 11 is 2.58. The molecule has 0 aliphatic carbocycles. The summed E-state index contributed by atoms with van der Waals surface area (Å²) in [6.45, 7) is 14.5. The Labute approximate surface area is 222 Å². The first kappa shape index (κ1) is 25.1. The molecular weight excluding hydrogens is 541 g/mol. The van der Waals surface area contributed by atoms with Crippen molar-refractivity contribution in [2.45, 2.75) is 36.5 Å². The molecular formula is C32H32INO. The zero-order valence-corrected chi connectivity index (χ0v) is 22.8. The van der Waals surface area contributed by atoms with E-state index in [-0.39, 0.29) is 5.41 Å². The molecule has 35 heavy (non-hydrogen) atoms. The summed E-state index contributed by atoms with van der Waals surface area (Å²) in [7, 11) is 0. The summed E-state index contributed by atoms with van der Waals surface area (Å²) in [6.07, 6.45) is 4.24. The van der Waals surface area contributed by atoms with Crippen molar-refractivity contribution in [1.29, 1.82) is 0 Å². The first-order valence-electron chi connectivity index (χ1n) is 12.0. The first-order chi connectivity index (χ1) is 16.9. The number of alkyl halides is 1. The van der Waals surface area contributed by atoms with Crippen LogP contribution in [0, 0.1) is 0 Å². The highest BCUT2D eigenvalue weighted by Crippen LogP contribution is 2.44. The molecule has 0 amide bonds. The Bertz CT molecular complexity index is 1360. The summed E-state index contributed by atoms with van der Waals surface area (Å²) in [4.78, 5) is 0. The van der Waals surface area contributed by atoms with Gasteiger partial charge < -0.3 is 10.1 Å². The van der Waals surface area contributed by atoms with Gasteiger partial charge in [0.05, 0.1) is 6.26 Å². The molecule has 0 bridgehead atoms. The van der Waals surface area contributed by atoms with Crippen LogP contribution in [0.5, 0.6) is 5.75 Å². The number of nitrogens with one attached hydrogen (secondary N) is 1. The summed E-state index contributed by atoms with van der Waals surface area (Å²) < 4.78 is 6.15. The van der Waals surface area contributed by atoms with Crippen LogP contribution in [0.4, 0.5) is 5.69 Å². The zero-order chi connectivity index (χ0) is 25.0. The maximum absolute atomic E-state index is 5.69. The number of hydrogen-bond acceptors (Lipinski definition) is 2. The van der Waals surface area contributed by atoms with Crippen LogP contribution in [-0.2, 0) is 5.41 Å². The molecule has 178 valence electrons. The van der Waals surface area contributed by atoms with Crippen LogP contribution in [0.2, 0.25) is 0 Å². The van der Waals surface area contributed by atoms with Gasteiger partial charge in [0, 0.05) is 20.4 Å². The lowest BCUT2D eigenvalue weighted by Crippen LogP contribution is -2.30. The smallest absolute Gasteiger partial charge is 0.134 e.